The molecule has 1 aliphatic heterocycles. The Hall–Kier alpha value is -5.05. The standard InChI is InChI=1S/C36H65N11O10/c1-7-20(6)28(33(54)43-23(14-18(2)3)30(51)45-25(17-48)31(52)44-24(35(56)57)15-19(4)5)46-32(53)26-11-9-13-47(26)34(55)22(10-8-12-41-36(39)40)42-29(50)21(37)16-27(38)49/h18-26,28,48H,7-17,37H2,1-6H3,(H2,38,49)(H,42,50)(H,43,54)(H,44,52)(H,45,51)(H,46,53)(H,56,57)(H4,39,40,41)/t20-,21-,22-,23-,24-,25-,26-,28-/m0/s1. The van der Waals surface area contributed by atoms with Crippen LogP contribution >= 0.6 is 0 Å². The van der Waals surface area contributed by atoms with E-state index in [0.717, 1.165) is 0 Å². The summed E-state index contributed by atoms with van der Waals surface area (Å²) in [7, 11) is 0. The van der Waals surface area contributed by atoms with Gasteiger partial charge in [-0.25, -0.2) is 4.79 Å². The van der Waals surface area contributed by atoms with E-state index in [2.05, 4.69) is 31.6 Å². The number of likely N-dealkylation sites (tertiary alicyclic amines) is 1. The molecule has 324 valence electrons. The number of rotatable bonds is 25. The van der Waals surface area contributed by atoms with Crippen LogP contribution in [0.15, 0.2) is 4.99 Å². The van der Waals surface area contributed by atoms with E-state index in [1.54, 1.807) is 41.5 Å². The number of nitrogens with zero attached hydrogens (tertiary/aromatic N) is 2. The number of carbonyl (C=O) groups is 8. The number of primary amides is 1. The molecule has 57 heavy (non-hydrogen) atoms. The molecule has 0 radical (unpaired) electrons. The number of aliphatic carboxylic acids is 1. The molecule has 21 heteroatoms. The van der Waals surface area contributed by atoms with E-state index in [0.29, 0.717) is 12.8 Å². The summed E-state index contributed by atoms with van der Waals surface area (Å²) >= 11 is 0. The molecule has 0 aromatic carbocycles. The van der Waals surface area contributed by atoms with Gasteiger partial charge in [0.05, 0.1) is 19.1 Å². The van der Waals surface area contributed by atoms with Gasteiger partial charge in [-0.05, 0) is 56.3 Å². The SMILES string of the molecule is CC[C@H](C)[C@H](NC(=O)[C@@H]1CCCN1C(=O)[C@H](CCCN=C(N)N)NC(=O)[C@@H](N)CC(N)=O)C(=O)N[C@@H](CC(C)C)C(=O)N[C@@H](CO)C(=O)N[C@@H](CC(C)C)C(=O)O. The molecule has 0 saturated carbocycles. The number of aliphatic hydroxyl groups excluding tert-OH is 1. The number of aliphatic imine (C=N–C) groups is 1. The van der Waals surface area contributed by atoms with Crippen LogP contribution in [0.3, 0.4) is 0 Å². The maximum Gasteiger partial charge on any atom is 0.326 e. The second-order valence-corrected chi connectivity index (χ2v) is 15.3. The number of carbonyl (C=O) groups excluding carboxylic acids is 7. The summed E-state index contributed by atoms with van der Waals surface area (Å²) in [5, 5.41) is 32.2. The van der Waals surface area contributed by atoms with Crippen LogP contribution in [0.4, 0.5) is 0 Å². The molecule has 1 saturated heterocycles. The normalized spacial score (nSPS) is 17.6. The van der Waals surface area contributed by atoms with Gasteiger partial charge in [-0.3, -0.25) is 38.6 Å². The monoisotopic (exact) mass is 811 g/mol. The van der Waals surface area contributed by atoms with E-state index in [4.69, 9.17) is 22.9 Å². The van der Waals surface area contributed by atoms with Crippen molar-refractivity contribution in [3.05, 3.63) is 0 Å². The Morgan fingerprint density at radius 2 is 1.32 bits per heavy atom. The zero-order valence-electron chi connectivity index (χ0n) is 33.9. The minimum atomic E-state index is -1.52. The number of nitrogens with one attached hydrogen (secondary N) is 5. The highest BCUT2D eigenvalue weighted by molar-refractivity contribution is 5.97. The van der Waals surface area contributed by atoms with Gasteiger partial charge in [0.15, 0.2) is 5.96 Å². The molecule has 8 atom stereocenters. The van der Waals surface area contributed by atoms with Crippen molar-refractivity contribution in [3.63, 3.8) is 0 Å². The molecule has 0 unspecified atom stereocenters. The lowest BCUT2D eigenvalue weighted by Gasteiger charge is -2.32. The number of hydrogen-bond acceptors (Lipinski definition) is 11. The molecule has 0 bridgehead atoms. The summed E-state index contributed by atoms with van der Waals surface area (Å²) in [6.07, 6.45) is 1.17. The smallest absolute Gasteiger partial charge is 0.326 e. The third-order valence-electron chi connectivity index (χ3n) is 9.43. The second kappa shape index (κ2) is 24.6. The first-order valence-electron chi connectivity index (χ1n) is 19.4. The third kappa shape index (κ3) is 17.3. The Bertz CT molecular complexity index is 1440. The fraction of sp³-hybridized carbons (Fsp3) is 0.750. The number of carboxylic acids is 1. The predicted octanol–water partition coefficient (Wildman–Crippen LogP) is -3.13. The molecule has 7 amide bonds. The Morgan fingerprint density at radius 1 is 0.772 bits per heavy atom. The highest BCUT2D eigenvalue weighted by Crippen LogP contribution is 2.21. The number of nitrogens with two attached hydrogens (primary N) is 4. The first-order valence-corrected chi connectivity index (χ1v) is 19.4. The molecule has 0 spiro atoms. The van der Waals surface area contributed by atoms with Gasteiger partial charge >= 0.3 is 5.97 Å². The van der Waals surface area contributed by atoms with Crippen molar-refractivity contribution in [2.45, 2.75) is 135 Å². The maximum absolute atomic E-state index is 13.9. The topological polar surface area (TPSA) is 357 Å². The molecule has 0 aromatic heterocycles. The largest absolute Gasteiger partial charge is 0.480 e. The maximum atomic E-state index is 13.9. The zero-order chi connectivity index (χ0) is 43.6. The number of carboxylic acid groups (broad SMARTS) is 1. The number of aliphatic hydroxyl groups is 1. The minimum absolute atomic E-state index is 0.0591. The van der Waals surface area contributed by atoms with Gasteiger partial charge in [0.2, 0.25) is 41.4 Å². The summed E-state index contributed by atoms with van der Waals surface area (Å²) in [5.41, 5.74) is 21.8. The van der Waals surface area contributed by atoms with Crippen LogP contribution in [-0.4, -0.2) is 130 Å². The molecule has 0 aliphatic carbocycles. The van der Waals surface area contributed by atoms with Crippen LogP contribution in [0, 0.1) is 17.8 Å². The summed E-state index contributed by atoms with van der Waals surface area (Å²) in [6.45, 7) is 10.1. The summed E-state index contributed by atoms with van der Waals surface area (Å²) in [4.78, 5) is 109. The molecule has 1 heterocycles. The second-order valence-electron chi connectivity index (χ2n) is 15.3. The summed E-state index contributed by atoms with van der Waals surface area (Å²) < 4.78 is 0. The quantitative estimate of drug-likeness (QED) is 0.0247. The van der Waals surface area contributed by atoms with Crippen molar-refractivity contribution in [1.82, 2.24) is 31.5 Å². The molecular weight excluding hydrogens is 746 g/mol. The lowest BCUT2D eigenvalue weighted by molar-refractivity contribution is -0.143. The van der Waals surface area contributed by atoms with Gasteiger partial charge in [-0.15, -0.1) is 0 Å². The van der Waals surface area contributed by atoms with Crippen molar-refractivity contribution >= 4 is 53.3 Å². The van der Waals surface area contributed by atoms with E-state index in [1.165, 1.54) is 4.90 Å². The Morgan fingerprint density at radius 3 is 1.84 bits per heavy atom. The molecule has 0 aromatic rings. The first kappa shape index (κ1) is 50.0. The van der Waals surface area contributed by atoms with Crippen molar-refractivity contribution in [2.75, 3.05) is 19.7 Å². The van der Waals surface area contributed by atoms with E-state index in [1.807, 2.05) is 0 Å². The zero-order valence-corrected chi connectivity index (χ0v) is 33.9. The molecule has 1 fully saturated rings. The Balaban J connectivity index is 3.25. The Labute approximate surface area is 333 Å². The lowest BCUT2D eigenvalue weighted by atomic mass is 9.96. The van der Waals surface area contributed by atoms with E-state index in [9.17, 15) is 48.6 Å². The van der Waals surface area contributed by atoms with Crippen molar-refractivity contribution in [1.29, 1.82) is 0 Å². The van der Waals surface area contributed by atoms with Gasteiger partial charge in [-0.2, -0.15) is 0 Å². The van der Waals surface area contributed by atoms with E-state index < -0.39 is 109 Å². The summed E-state index contributed by atoms with van der Waals surface area (Å²) in [5.74, 6) is -7.42. The first-order chi connectivity index (χ1) is 26.6. The van der Waals surface area contributed by atoms with E-state index in [-0.39, 0.29) is 63.0 Å². The number of guanidine groups is 1. The third-order valence-corrected chi connectivity index (χ3v) is 9.43. The molecular formula is C36H65N11O10. The van der Waals surface area contributed by atoms with Crippen LogP contribution in [0.25, 0.3) is 0 Å². The van der Waals surface area contributed by atoms with Gasteiger partial charge in [-0.1, -0.05) is 48.0 Å². The highest BCUT2D eigenvalue weighted by Gasteiger charge is 2.40. The van der Waals surface area contributed by atoms with Crippen molar-refractivity contribution in [3.8, 4) is 0 Å². The average molecular weight is 812 g/mol. The number of hydrogen-bond donors (Lipinski definition) is 11. The van der Waals surface area contributed by atoms with Gasteiger partial charge in [0, 0.05) is 13.1 Å². The van der Waals surface area contributed by atoms with Gasteiger partial charge in [0.25, 0.3) is 0 Å². The molecule has 1 aliphatic rings. The van der Waals surface area contributed by atoms with Gasteiger partial charge < -0.3 is 64.6 Å². The van der Waals surface area contributed by atoms with Crippen LogP contribution in [0.1, 0.15) is 92.9 Å². The lowest BCUT2D eigenvalue weighted by Crippen LogP contribution is -2.61. The minimum Gasteiger partial charge on any atom is -0.480 e. The van der Waals surface area contributed by atoms with Crippen LogP contribution < -0.4 is 49.5 Å². The van der Waals surface area contributed by atoms with Gasteiger partial charge in [0.1, 0.15) is 36.3 Å². The van der Waals surface area contributed by atoms with Crippen LogP contribution in [0.5, 0.6) is 0 Å². The average Bonchev–Trinajstić information content (AvgIpc) is 3.62. The van der Waals surface area contributed by atoms with Crippen LogP contribution in [0.2, 0.25) is 0 Å². The fourth-order valence-electron chi connectivity index (χ4n) is 6.20. The fourth-order valence-corrected chi connectivity index (χ4v) is 6.20. The predicted molar refractivity (Wildman–Crippen MR) is 209 cm³/mol. The van der Waals surface area contributed by atoms with Crippen molar-refractivity contribution < 1.29 is 48.6 Å². The molecule has 15 N–H and O–H groups in total. The van der Waals surface area contributed by atoms with Crippen LogP contribution in [-0.2, 0) is 38.4 Å². The molecule has 21 nitrogen and oxygen atoms in total. The Kier molecular flexibility index (Phi) is 21.5. The van der Waals surface area contributed by atoms with E-state index >= 15 is 0 Å². The van der Waals surface area contributed by atoms with Crippen molar-refractivity contribution in [2.24, 2.45) is 45.7 Å². The number of amides is 7. The molecule has 1 rings (SSSR count). The summed E-state index contributed by atoms with van der Waals surface area (Å²) in [6, 6.07) is -8.69. The highest BCUT2D eigenvalue weighted by atomic mass is 16.4.